The Bertz CT molecular complexity index is 518. The summed E-state index contributed by atoms with van der Waals surface area (Å²) in [5.74, 6) is -0.164. The van der Waals surface area contributed by atoms with E-state index in [-0.39, 0.29) is 5.70 Å². The van der Waals surface area contributed by atoms with Crippen LogP contribution in [0, 0.1) is 4.91 Å². The van der Waals surface area contributed by atoms with Crippen LogP contribution in [0.4, 0.5) is 5.69 Å². The number of ether oxygens (including phenoxy) is 1. The number of carbonyl (C=O) groups excluding carboxylic acids is 1. The summed E-state index contributed by atoms with van der Waals surface area (Å²) in [5.41, 5.74) is 1.21. The summed E-state index contributed by atoms with van der Waals surface area (Å²) < 4.78 is 4.76. The molecule has 0 radical (unpaired) electrons. The van der Waals surface area contributed by atoms with E-state index in [2.05, 4.69) is 10.2 Å². The van der Waals surface area contributed by atoms with E-state index in [1.165, 1.54) is 0 Å². The third kappa shape index (κ3) is 2.03. The van der Waals surface area contributed by atoms with Crippen molar-refractivity contribution in [2.45, 2.75) is 6.92 Å². The molecule has 0 saturated heterocycles. The van der Waals surface area contributed by atoms with E-state index in [9.17, 15) is 9.70 Å². The Kier molecular flexibility index (Phi) is 2.59. The first kappa shape index (κ1) is 10.2. The fourth-order valence-corrected chi connectivity index (χ4v) is 1.34. The number of hydrogen-bond acceptors (Lipinski definition) is 5. The van der Waals surface area contributed by atoms with Gasteiger partial charge in [-0.15, -0.1) is 4.91 Å². The van der Waals surface area contributed by atoms with Crippen LogP contribution in [-0.4, -0.2) is 11.9 Å². The minimum Gasteiger partial charge on any atom is -0.407 e. The monoisotopic (exact) mass is 216 g/mol. The zero-order valence-electron chi connectivity index (χ0n) is 8.51. The van der Waals surface area contributed by atoms with E-state index < -0.39 is 5.97 Å². The normalized spacial score (nSPS) is 17.2. The summed E-state index contributed by atoms with van der Waals surface area (Å²) in [6.07, 6.45) is 1.55. The average Bonchev–Trinajstić information content (AvgIpc) is 2.58. The Morgan fingerprint density at radius 2 is 2.25 bits per heavy atom. The summed E-state index contributed by atoms with van der Waals surface area (Å²) >= 11 is 0. The second kappa shape index (κ2) is 4.06. The van der Waals surface area contributed by atoms with Gasteiger partial charge in [0.1, 0.15) is 5.69 Å². The van der Waals surface area contributed by atoms with Crippen LogP contribution in [0.3, 0.4) is 0 Å². The van der Waals surface area contributed by atoms with Crippen molar-refractivity contribution in [3.05, 3.63) is 40.4 Å². The van der Waals surface area contributed by atoms with Crippen molar-refractivity contribution in [1.82, 2.24) is 0 Å². The molecule has 0 N–H and O–H groups in total. The van der Waals surface area contributed by atoms with Gasteiger partial charge < -0.3 is 4.74 Å². The fraction of sp³-hybridized carbons (Fsp3) is 0.0909. The molecular weight excluding hydrogens is 208 g/mol. The highest BCUT2D eigenvalue weighted by atomic mass is 16.6. The van der Waals surface area contributed by atoms with Crippen LogP contribution < -0.4 is 0 Å². The predicted octanol–water partition coefficient (Wildman–Crippen LogP) is 2.40. The Morgan fingerprint density at radius 1 is 1.44 bits per heavy atom. The van der Waals surface area contributed by atoms with Gasteiger partial charge in [-0.1, -0.05) is 12.1 Å². The summed E-state index contributed by atoms with van der Waals surface area (Å²) in [5, 5.41) is 2.81. The molecule has 1 aromatic rings. The SMILES string of the molecule is CC1=N/C(=C\c2cccc(N=O)c2)C(=O)O1. The minimum atomic E-state index is -0.484. The van der Waals surface area contributed by atoms with Crippen molar-refractivity contribution in [3.8, 4) is 0 Å². The third-order valence-corrected chi connectivity index (χ3v) is 2.01. The molecule has 1 aliphatic heterocycles. The predicted molar refractivity (Wildman–Crippen MR) is 59.1 cm³/mol. The van der Waals surface area contributed by atoms with Crippen molar-refractivity contribution in [2.75, 3.05) is 0 Å². The number of carbonyl (C=O) groups is 1. The number of benzene rings is 1. The lowest BCUT2D eigenvalue weighted by molar-refractivity contribution is -0.130. The largest absolute Gasteiger partial charge is 0.407 e. The molecule has 0 aromatic heterocycles. The number of aliphatic imine (C=N–C) groups is 1. The van der Waals surface area contributed by atoms with Crippen LogP contribution in [0.15, 0.2) is 40.1 Å². The second-order valence-electron chi connectivity index (χ2n) is 3.24. The van der Waals surface area contributed by atoms with E-state index in [1.54, 1.807) is 37.3 Å². The van der Waals surface area contributed by atoms with Crippen molar-refractivity contribution in [3.63, 3.8) is 0 Å². The second-order valence-corrected chi connectivity index (χ2v) is 3.24. The molecule has 0 aliphatic carbocycles. The molecule has 2 rings (SSSR count). The molecule has 16 heavy (non-hydrogen) atoms. The van der Waals surface area contributed by atoms with Gasteiger partial charge in [-0.05, 0) is 28.9 Å². The molecule has 0 saturated carbocycles. The highest BCUT2D eigenvalue weighted by Crippen LogP contribution is 2.19. The first-order valence-electron chi connectivity index (χ1n) is 4.61. The first-order valence-corrected chi connectivity index (χ1v) is 4.61. The highest BCUT2D eigenvalue weighted by molar-refractivity contribution is 6.06. The van der Waals surface area contributed by atoms with Gasteiger partial charge in [-0.25, -0.2) is 9.79 Å². The summed E-state index contributed by atoms with van der Waals surface area (Å²) in [6.45, 7) is 1.60. The highest BCUT2D eigenvalue weighted by Gasteiger charge is 2.19. The Balaban J connectivity index is 2.35. The van der Waals surface area contributed by atoms with Gasteiger partial charge in [0, 0.05) is 6.92 Å². The van der Waals surface area contributed by atoms with Gasteiger partial charge in [0.25, 0.3) is 0 Å². The van der Waals surface area contributed by atoms with Gasteiger partial charge in [0.05, 0.1) is 0 Å². The zero-order chi connectivity index (χ0) is 11.5. The van der Waals surface area contributed by atoms with Crippen LogP contribution in [0.1, 0.15) is 12.5 Å². The fourth-order valence-electron chi connectivity index (χ4n) is 1.34. The van der Waals surface area contributed by atoms with Crippen LogP contribution in [0.2, 0.25) is 0 Å². The molecule has 80 valence electrons. The Labute approximate surface area is 91.4 Å². The topological polar surface area (TPSA) is 68.1 Å². The molecule has 5 heteroatoms. The van der Waals surface area contributed by atoms with E-state index in [1.807, 2.05) is 0 Å². The summed E-state index contributed by atoms with van der Waals surface area (Å²) in [6, 6.07) is 6.57. The molecule has 1 aromatic carbocycles. The molecular formula is C11H8N2O3. The maximum Gasteiger partial charge on any atom is 0.363 e. The molecule has 0 fully saturated rings. The maximum absolute atomic E-state index is 11.3. The third-order valence-electron chi connectivity index (χ3n) is 2.01. The van der Waals surface area contributed by atoms with Crippen LogP contribution in [0.5, 0.6) is 0 Å². The van der Waals surface area contributed by atoms with Crippen LogP contribution in [0.25, 0.3) is 6.08 Å². The quantitative estimate of drug-likeness (QED) is 0.433. The average molecular weight is 216 g/mol. The molecule has 1 aliphatic rings. The lowest BCUT2D eigenvalue weighted by Crippen LogP contribution is -1.99. The Hall–Kier alpha value is -2.30. The zero-order valence-corrected chi connectivity index (χ0v) is 8.51. The molecule has 0 unspecified atom stereocenters. The lowest BCUT2D eigenvalue weighted by Gasteiger charge is -1.94. The number of rotatable bonds is 2. The number of nitroso groups, excluding NO2 is 1. The van der Waals surface area contributed by atoms with Gasteiger partial charge in [-0.3, -0.25) is 0 Å². The van der Waals surface area contributed by atoms with E-state index in [4.69, 9.17) is 4.74 Å². The smallest absolute Gasteiger partial charge is 0.363 e. The van der Waals surface area contributed by atoms with Crippen molar-refractivity contribution in [1.29, 1.82) is 0 Å². The van der Waals surface area contributed by atoms with E-state index >= 15 is 0 Å². The standard InChI is InChI=1S/C11H8N2O3/c1-7-12-10(11(14)16-7)6-8-3-2-4-9(5-8)13-15/h2-6H,1H3/b10-6-. The Morgan fingerprint density at radius 3 is 2.88 bits per heavy atom. The molecule has 0 bridgehead atoms. The first-order chi connectivity index (χ1) is 7.69. The number of cyclic esters (lactones) is 1. The van der Waals surface area contributed by atoms with Crippen molar-refractivity contribution in [2.24, 2.45) is 10.2 Å². The van der Waals surface area contributed by atoms with Gasteiger partial charge in [-0.2, -0.15) is 0 Å². The van der Waals surface area contributed by atoms with Gasteiger partial charge in [0.2, 0.25) is 0 Å². The van der Waals surface area contributed by atoms with E-state index in [0.29, 0.717) is 17.1 Å². The number of nitrogens with zero attached hydrogens (tertiary/aromatic N) is 2. The van der Waals surface area contributed by atoms with E-state index in [0.717, 1.165) is 0 Å². The number of hydrogen-bond donors (Lipinski definition) is 0. The molecule has 0 amide bonds. The minimum absolute atomic E-state index is 0.223. The molecule has 5 nitrogen and oxygen atoms in total. The lowest BCUT2D eigenvalue weighted by atomic mass is 10.2. The molecule has 0 spiro atoms. The van der Waals surface area contributed by atoms with Crippen LogP contribution >= 0.6 is 0 Å². The summed E-state index contributed by atoms with van der Waals surface area (Å²) in [4.78, 5) is 25.5. The van der Waals surface area contributed by atoms with Crippen molar-refractivity contribution < 1.29 is 9.53 Å². The number of esters is 1. The van der Waals surface area contributed by atoms with Crippen LogP contribution in [-0.2, 0) is 9.53 Å². The molecule has 0 atom stereocenters. The van der Waals surface area contributed by atoms with Crippen molar-refractivity contribution >= 4 is 23.6 Å². The summed E-state index contributed by atoms with van der Waals surface area (Å²) in [7, 11) is 0. The molecule has 1 heterocycles. The van der Waals surface area contributed by atoms with Gasteiger partial charge >= 0.3 is 5.97 Å². The maximum atomic E-state index is 11.3. The van der Waals surface area contributed by atoms with Gasteiger partial charge in [0.15, 0.2) is 11.6 Å².